The van der Waals surface area contributed by atoms with Crippen molar-refractivity contribution in [3.05, 3.63) is 35.9 Å². The van der Waals surface area contributed by atoms with Gasteiger partial charge in [-0.3, -0.25) is 0 Å². The Morgan fingerprint density at radius 2 is 1.23 bits per heavy atom. The van der Waals surface area contributed by atoms with Crippen molar-refractivity contribution in [1.82, 2.24) is 0 Å². The first kappa shape index (κ1) is 19.2. The van der Waals surface area contributed by atoms with Gasteiger partial charge in [0.15, 0.2) is 0 Å². The van der Waals surface area contributed by atoms with Gasteiger partial charge in [-0.1, -0.05) is 88.6 Å². The van der Waals surface area contributed by atoms with Gasteiger partial charge in [0.05, 0.1) is 20.6 Å². The van der Waals surface area contributed by atoms with Crippen LogP contribution in [0.2, 0.25) is 0 Å². The van der Waals surface area contributed by atoms with Crippen LogP contribution in [0, 0.1) is 0 Å². The van der Waals surface area contributed by atoms with Crippen LogP contribution in [0.15, 0.2) is 30.3 Å². The van der Waals surface area contributed by atoms with Crippen LogP contribution >= 0.6 is 0 Å². The molecule has 0 N–H and O–H groups in total. The molecule has 1 rings (SSSR count). The van der Waals surface area contributed by atoms with E-state index in [4.69, 9.17) is 0 Å². The van der Waals surface area contributed by atoms with Crippen molar-refractivity contribution in [2.24, 2.45) is 0 Å². The van der Waals surface area contributed by atoms with Crippen molar-refractivity contribution in [1.29, 1.82) is 0 Å². The van der Waals surface area contributed by atoms with E-state index >= 15 is 0 Å². The highest BCUT2D eigenvalue weighted by molar-refractivity contribution is 5.13. The van der Waals surface area contributed by atoms with E-state index in [0.29, 0.717) is 0 Å². The molecule has 0 bridgehead atoms. The molecule has 0 aromatic heterocycles. The predicted molar refractivity (Wildman–Crippen MR) is 101 cm³/mol. The zero-order valence-corrected chi connectivity index (χ0v) is 15.3. The Labute approximate surface area is 140 Å². The molecule has 0 heterocycles. The summed E-state index contributed by atoms with van der Waals surface area (Å²) in [6.07, 6.45) is 14.2. The lowest BCUT2D eigenvalue weighted by Gasteiger charge is -2.30. The average molecular weight is 307 g/mol. The Hall–Kier alpha value is -0.820. The van der Waals surface area contributed by atoms with Crippen molar-refractivity contribution in [3.63, 3.8) is 0 Å². The van der Waals surface area contributed by atoms with Crippen molar-refractivity contribution < 1.29 is 5.91 Å². The molecule has 1 aromatic rings. The molecule has 1 heteroatoms. The van der Waals surface area contributed by atoms with E-state index in [-0.39, 0.29) is 1.43 Å². The standard InChI is InChI=1S/C21H38N.H2/c1-4-5-6-7-8-9-10-11-12-16-19-22(2,3)20-21-17-14-13-15-18-21;/h13-15,17-18H,4-12,16,19-20H2,1-3H3;1H/q+1;. The van der Waals surface area contributed by atoms with Crippen LogP contribution in [0.3, 0.4) is 0 Å². The molecular weight excluding hydrogens is 266 g/mol. The molecule has 0 fully saturated rings. The lowest BCUT2D eigenvalue weighted by Crippen LogP contribution is -2.39. The molecule has 0 unspecified atom stereocenters. The highest BCUT2D eigenvalue weighted by Crippen LogP contribution is 2.13. The number of quaternary nitrogens is 1. The molecule has 1 nitrogen and oxygen atoms in total. The third-order valence-electron chi connectivity index (χ3n) is 4.57. The van der Waals surface area contributed by atoms with E-state index in [1.165, 1.54) is 76.3 Å². The van der Waals surface area contributed by atoms with E-state index < -0.39 is 0 Å². The summed E-state index contributed by atoms with van der Waals surface area (Å²) in [7, 11) is 4.72. The molecule has 0 radical (unpaired) electrons. The summed E-state index contributed by atoms with van der Waals surface area (Å²) >= 11 is 0. The average Bonchev–Trinajstić information content (AvgIpc) is 2.49. The predicted octanol–water partition coefficient (Wildman–Crippen LogP) is 6.43. The second-order valence-corrected chi connectivity index (χ2v) is 7.49. The lowest BCUT2D eigenvalue weighted by molar-refractivity contribution is -0.903. The summed E-state index contributed by atoms with van der Waals surface area (Å²) in [5.74, 6) is 0. The van der Waals surface area contributed by atoms with E-state index in [1.807, 2.05) is 0 Å². The fourth-order valence-corrected chi connectivity index (χ4v) is 3.18. The molecule has 0 amide bonds. The van der Waals surface area contributed by atoms with Gasteiger partial charge in [-0.25, -0.2) is 0 Å². The molecular formula is C21H40N+. The van der Waals surface area contributed by atoms with Crippen LogP contribution in [0.5, 0.6) is 0 Å². The van der Waals surface area contributed by atoms with Crippen molar-refractivity contribution in [2.75, 3.05) is 20.6 Å². The van der Waals surface area contributed by atoms with Gasteiger partial charge in [0, 0.05) is 6.99 Å². The first-order valence-corrected chi connectivity index (χ1v) is 9.50. The fraction of sp³-hybridized carbons (Fsp3) is 0.714. The summed E-state index contributed by atoms with van der Waals surface area (Å²) in [5, 5.41) is 0. The highest BCUT2D eigenvalue weighted by Gasteiger charge is 2.14. The minimum atomic E-state index is 0. The molecule has 0 atom stereocenters. The highest BCUT2D eigenvalue weighted by atomic mass is 15.3. The zero-order chi connectivity index (χ0) is 16.1. The van der Waals surface area contributed by atoms with Gasteiger partial charge in [0.25, 0.3) is 0 Å². The Balaban J connectivity index is 0.00000484. The van der Waals surface area contributed by atoms with Crippen LogP contribution in [0.4, 0.5) is 0 Å². The van der Waals surface area contributed by atoms with Crippen LogP contribution in [-0.2, 0) is 6.54 Å². The van der Waals surface area contributed by atoms with Gasteiger partial charge < -0.3 is 4.48 Å². The van der Waals surface area contributed by atoms with Crippen LogP contribution < -0.4 is 0 Å². The number of rotatable bonds is 13. The number of unbranched alkanes of at least 4 members (excludes halogenated alkanes) is 9. The number of hydrogen-bond donors (Lipinski definition) is 0. The van der Waals surface area contributed by atoms with Gasteiger partial charge in [0.1, 0.15) is 6.54 Å². The Kier molecular flexibility index (Phi) is 10.2. The fourth-order valence-electron chi connectivity index (χ4n) is 3.18. The molecule has 22 heavy (non-hydrogen) atoms. The van der Waals surface area contributed by atoms with Gasteiger partial charge in [0.2, 0.25) is 0 Å². The van der Waals surface area contributed by atoms with E-state index in [9.17, 15) is 0 Å². The van der Waals surface area contributed by atoms with Gasteiger partial charge in [-0.05, 0) is 12.8 Å². The summed E-state index contributed by atoms with van der Waals surface area (Å²) < 4.78 is 1.11. The van der Waals surface area contributed by atoms with Gasteiger partial charge in [-0.15, -0.1) is 0 Å². The SMILES string of the molecule is CCCCCCCCCCCC[N+](C)(C)Cc1ccccc1.[HH]. The molecule has 128 valence electrons. The first-order valence-electron chi connectivity index (χ1n) is 9.50. The van der Waals surface area contributed by atoms with Crippen molar-refractivity contribution in [3.8, 4) is 0 Å². The molecule has 0 saturated heterocycles. The maximum atomic E-state index is 2.36. The Morgan fingerprint density at radius 3 is 1.77 bits per heavy atom. The van der Waals surface area contributed by atoms with E-state index in [1.54, 1.807) is 0 Å². The summed E-state index contributed by atoms with van der Waals surface area (Å²) in [5.41, 5.74) is 1.46. The minimum Gasteiger partial charge on any atom is -0.325 e. The quantitative estimate of drug-likeness (QED) is 0.291. The molecule has 0 spiro atoms. The number of nitrogens with zero attached hydrogens (tertiary/aromatic N) is 1. The van der Waals surface area contributed by atoms with E-state index in [0.717, 1.165) is 11.0 Å². The third kappa shape index (κ3) is 10.00. The largest absolute Gasteiger partial charge is 0.325 e. The number of hydrogen-bond acceptors (Lipinski definition) is 0. The summed E-state index contributed by atoms with van der Waals surface area (Å²) in [4.78, 5) is 0. The van der Waals surface area contributed by atoms with Gasteiger partial charge in [-0.2, -0.15) is 0 Å². The van der Waals surface area contributed by atoms with Gasteiger partial charge >= 0.3 is 0 Å². The van der Waals surface area contributed by atoms with Crippen LogP contribution in [0.1, 0.15) is 78.1 Å². The van der Waals surface area contributed by atoms with Crippen molar-refractivity contribution >= 4 is 0 Å². The van der Waals surface area contributed by atoms with Crippen LogP contribution in [0.25, 0.3) is 0 Å². The Bertz CT molecular complexity index is 361. The maximum Gasteiger partial charge on any atom is 0.104 e. The monoisotopic (exact) mass is 306 g/mol. The Morgan fingerprint density at radius 1 is 0.727 bits per heavy atom. The van der Waals surface area contributed by atoms with Crippen molar-refractivity contribution in [2.45, 2.75) is 77.7 Å². The molecule has 0 aliphatic carbocycles. The van der Waals surface area contributed by atoms with Crippen LogP contribution in [-0.4, -0.2) is 25.1 Å². The third-order valence-corrected chi connectivity index (χ3v) is 4.57. The topological polar surface area (TPSA) is 0 Å². The zero-order valence-electron chi connectivity index (χ0n) is 15.3. The molecule has 1 aromatic carbocycles. The first-order chi connectivity index (χ1) is 10.6. The second-order valence-electron chi connectivity index (χ2n) is 7.49. The lowest BCUT2D eigenvalue weighted by atomic mass is 10.1. The van der Waals surface area contributed by atoms with E-state index in [2.05, 4.69) is 51.4 Å². The minimum absolute atomic E-state index is 0. The normalized spacial score (nSPS) is 11.8. The summed E-state index contributed by atoms with van der Waals surface area (Å²) in [6, 6.07) is 10.9. The number of benzene rings is 1. The smallest absolute Gasteiger partial charge is 0.104 e. The molecule has 0 saturated carbocycles. The maximum absolute atomic E-state index is 2.36. The molecule has 0 aliphatic rings. The molecule has 0 aliphatic heterocycles. The summed E-state index contributed by atoms with van der Waals surface area (Å²) in [6.45, 7) is 4.74. The second kappa shape index (κ2) is 11.7.